The number of nitrogens with one attached hydrogen (secondary N) is 2. The molecule has 3 aromatic rings. The number of fused-ring (bicyclic) bond motifs is 1. The van der Waals surface area contributed by atoms with Crippen LogP contribution in [0.5, 0.6) is 5.75 Å². The lowest BCUT2D eigenvalue weighted by molar-refractivity contribution is 0.0938. The van der Waals surface area contributed by atoms with Crippen LogP contribution in [0.25, 0.3) is 11.2 Å². The average molecular weight is 430 g/mol. The van der Waals surface area contributed by atoms with Crippen molar-refractivity contribution in [3.63, 3.8) is 0 Å². The zero-order valence-electron chi connectivity index (χ0n) is 18.4. The van der Waals surface area contributed by atoms with Gasteiger partial charge in [-0.3, -0.25) is 14.3 Å². The van der Waals surface area contributed by atoms with E-state index < -0.39 is 17.4 Å². The zero-order valence-corrected chi connectivity index (χ0v) is 18.4. The zero-order chi connectivity index (χ0) is 22.4. The molecule has 9 heteroatoms. The third kappa shape index (κ3) is 5.55. The molecule has 2 aromatic heterocycles. The molecule has 0 radical (unpaired) electrons. The number of nitrogens with zero attached hydrogens (tertiary/aromatic N) is 3. The molecule has 0 saturated carbocycles. The van der Waals surface area contributed by atoms with Gasteiger partial charge in [0, 0.05) is 13.6 Å². The van der Waals surface area contributed by atoms with Gasteiger partial charge in [-0.25, -0.2) is 4.79 Å². The van der Waals surface area contributed by atoms with Crippen LogP contribution in [0.2, 0.25) is 0 Å². The summed E-state index contributed by atoms with van der Waals surface area (Å²) in [5.41, 5.74) is 0.581. The first kappa shape index (κ1) is 22.6. The number of benzene rings is 1. The van der Waals surface area contributed by atoms with Crippen molar-refractivity contribution in [1.82, 2.24) is 19.1 Å². The number of aromatic nitrogens is 4. The summed E-state index contributed by atoms with van der Waals surface area (Å²) in [4.78, 5) is 31.3. The standard InChI is InChI=1S/C22H31N5O4/c1-4-5-6-7-12-23-21-24-19-18(20(29)25-22(30)26(19)3)27(21)13-16(28)14-31-17-10-8-15(2)9-11-17/h8-11,16,28H,4-7,12-14H2,1-3H3,(H,23,24)(H,25,29,30). The van der Waals surface area contributed by atoms with Crippen LogP contribution in [0, 0.1) is 6.92 Å². The minimum atomic E-state index is -0.879. The summed E-state index contributed by atoms with van der Waals surface area (Å²) >= 11 is 0. The Balaban J connectivity index is 1.81. The summed E-state index contributed by atoms with van der Waals surface area (Å²) in [5.74, 6) is 1.11. The lowest BCUT2D eigenvalue weighted by Gasteiger charge is -2.16. The van der Waals surface area contributed by atoms with Gasteiger partial charge in [0.05, 0.1) is 6.54 Å². The van der Waals surface area contributed by atoms with Crippen LogP contribution in [0.1, 0.15) is 38.2 Å². The number of aliphatic hydroxyl groups is 1. The maximum Gasteiger partial charge on any atom is 0.329 e. The predicted octanol–water partition coefficient (Wildman–Crippen LogP) is 2.16. The monoisotopic (exact) mass is 429 g/mol. The van der Waals surface area contributed by atoms with Gasteiger partial charge in [0.15, 0.2) is 11.2 Å². The summed E-state index contributed by atoms with van der Waals surface area (Å²) in [6, 6.07) is 7.56. The van der Waals surface area contributed by atoms with Crippen LogP contribution in [0.15, 0.2) is 33.9 Å². The summed E-state index contributed by atoms with van der Waals surface area (Å²) in [5, 5.41) is 13.8. The van der Waals surface area contributed by atoms with E-state index >= 15 is 0 Å². The second kappa shape index (κ2) is 10.3. The van der Waals surface area contributed by atoms with E-state index in [1.807, 2.05) is 31.2 Å². The molecule has 0 fully saturated rings. The summed E-state index contributed by atoms with van der Waals surface area (Å²) in [6.45, 7) is 4.98. The molecule has 0 aliphatic carbocycles. The van der Waals surface area contributed by atoms with E-state index in [9.17, 15) is 14.7 Å². The molecule has 0 bridgehead atoms. The van der Waals surface area contributed by atoms with E-state index in [1.165, 1.54) is 4.57 Å². The molecule has 2 heterocycles. The number of hydrogen-bond acceptors (Lipinski definition) is 6. The van der Waals surface area contributed by atoms with Crippen LogP contribution in [-0.4, -0.2) is 43.5 Å². The minimum absolute atomic E-state index is 0.0579. The average Bonchev–Trinajstić information content (AvgIpc) is 3.10. The first-order chi connectivity index (χ1) is 14.9. The first-order valence-corrected chi connectivity index (χ1v) is 10.7. The third-order valence-corrected chi connectivity index (χ3v) is 5.18. The maximum absolute atomic E-state index is 12.5. The molecule has 31 heavy (non-hydrogen) atoms. The lowest BCUT2D eigenvalue weighted by Crippen LogP contribution is -2.31. The van der Waals surface area contributed by atoms with Crippen LogP contribution in [0.4, 0.5) is 5.95 Å². The fourth-order valence-electron chi connectivity index (χ4n) is 3.39. The van der Waals surface area contributed by atoms with Gasteiger partial charge in [0.1, 0.15) is 18.5 Å². The highest BCUT2D eigenvalue weighted by Crippen LogP contribution is 2.17. The van der Waals surface area contributed by atoms with Gasteiger partial charge in [0.25, 0.3) is 5.56 Å². The fraction of sp³-hybridized carbons (Fsp3) is 0.500. The van der Waals surface area contributed by atoms with Gasteiger partial charge in [-0.1, -0.05) is 43.9 Å². The third-order valence-electron chi connectivity index (χ3n) is 5.18. The molecule has 0 saturated heterocycles. The van der Waals surface area contributed by atoms with Crippen LogP contribution in [0.3, 0.4) is 0 Å². The number of aliphatic hydroxyl groups excluding tert-OH is 1. The second-order valence-electron chi connectivity index (χ2n) is 7.80. The molecule has 0 aliphatic heterocycles. The number of H-pyrrole nitrogens is 1. The Kier molecular flexibility index (Phi) is 7.51. The van der Waals surface area contributed by atoms with Crippen molar-refractivity contribution < 1.29 is 9.84 Å². The van der Waals surface area contributed by atoms with E-state index in [2.05, 4.69) is 22.2 Å². The molecular weight excluding hydrogens is 398 g/mol. The lowest BCUT2D eigenvalue weighted by atomic mass is 10.2. The molecule has 0 amide bonds. The molecule has 1 unspecified atom stereocenters. The maximum atomic E-state index is 12.5. The molecule has 0 aliphatic rings. The van der Waals surface area contributed by atoms with E-state index in [0.29, 0.717) is 18.2 Å². The summed E-state index contributed by atoms with van der Waals surface area (Å²) < 4.78 is 8.59. The van der Waals surface area contributed by atoms with Crippen molar-refractivity contribution in [2.45, 2.75) is 52.2 Å². The Bertz CT molecular complexity index is 1110. The fourth-order valence-corrected chi connectivity index (χ4v) is 3.39. The molecule has 0 spiro atoms. The number of rotatable bonds is 11. The van der Waals surface area contributed by atoms with Gasteiger partial charge < -0.3 is 19.7 Å². The SMILES string of the molecule is CCCCCCNc1nc2c(c(=O)[nH]c(=O)n2C)n1CC(O)COc1ccc(C)cc1. The van der Waals surface area contributed by atoms with Crippen molar-refractivity contribution in [3.05, 3.63) is 50.7 Å². The molecule has 1 atom stereocenters. The Labute approximate surface area is 180 Å². The number of ether oxygens (including phenoxy) is 1. The van der Waals surface area contributed by atoms with Crippen molar-refractivity contribution in [3.8, 4) is 5.75 Å². The number of anilines is 1. The summed E-state index contributed by atoms with van der Waals surface area (Å²) in [7, 11) is 1.56. The molecular formula is C22H31N5O4. The van der Waals surface area contributed by atoms with Gasteiger partial charge in [0.2, 0.25) is 5.95 Å². The Morgan fingerprint density at radius 1 is 1.19 bits per heavy atom. The van der Waals surface area contributed by atoms with E-state index in [4.69, 9.17) is 4.74 Å². The highest BCUT2D eigenvalue weighted by Gasteiger charge is 2.19. The second-order valence-corrected chi connectivity index (χ2v) is 7.80. The van der Waals surface area contributed by atoms with Gasteiger partial charge in [-0.15, -0.1) is 0 Å². The van der Waals surface area contributed by atoms with Crippen molar-refractivity contribution in [1.29, 1.82) is 0 Å². The van der Waals surface area contributed by atoms with Crippen molar-refractivity contribution >= 4 is 17.1 Å². The molecule has 9 nitrogen and oxygen atoms in total. The van der Waals surface area contributed by atoms with E-state index in [0.717, 1.165) is 31.2 Å². The van der Waals surface area contributed by atoms with Gasteiger partial charge >= 0.3 is 5.69 Å². The number of aryl methyl sites for hydroxylation is 2. The summed E-state index contributed by atoms with van der Waals surface area (Å²) in [6.07, 6.45) is 3.47. The van der Waals surface area contributed by atoms with Crippen molar-refractivity contribution in [2.24, 2.45) is 7.05 Å². The van der Waals surface area contributed by atoms with Crippen molar-refractivity contribution in [2.75, 3.05) is 18.5 Å². The minimum Gasteiger partial charge on any atom is -0.491 e. The van der Waals surface area contributed by atoms with Crippen LogP contribution < -0.4 is 21.3 Å². The van der Waals surface area contributed by atoms with Crippen LogP contribution >= 0.6 is 0 Å². The highest BCUT2D eigenvalue weighted by molar-refractivity contribution is 5.74. The van der Waals surface area contributed by atoms with Gasteiger partial charge in [-0.05, 0) is 25.5 Å². The van der Waals surface area contributed by atoms with Gasteiger partial charge in [-0.2, -0.15) is 4.98 Å². The Hall–Kier alpha value is -3.07. The largest absolute Gasteiger partial charge is 0.491 e. The van der Waals surface area contributed by atoms with E-state index in [1.54, 1.807) is 11.6 Å². The smallest absolute Gasteiger partial charge is 0.329 e. The number of hydrogen-bond donors (Lipinski definition) is 3. The quantitative estimate of drug-likeness (QED) is 0.403. The topological polar surface area (TPSA) is 114 Å². The Morgan fingerprint density at radius 3 is 2.65 bits per heavy atom. The normalized spacial score (nSPS) is 12.3. The molecule has 3 N–H and O–H groups in total. The van der Waals surface area contributed by atoms with Crippen LogP contribution in [-0.2, 0) is 13.6 Å². The first-order valence-electron chi connectivity index (χ1n) is 10.7. The number of imidazole rings is 1. The molecule has 168 valence electrons. The van der Waals surface area contributed by atoms with E-state index in [-0.39, 0.29) is 24.3 Å². The molecule has 1 aromatic carbocycles. The molecule has 3 rings (SSSR count). The highest BCUT2D eigenvalue weighted by atomic mass is 16.5. The number of unbranched alkanes of at least 4 members (excludes halogenated alkanes) is 3. The Morgan fingerprint density at radius 2 is 1.94 bits per heavy atom. The predicted molar refractivity (Wildman–Crippen MR) is 121 cm³/mol. The number of aromatic amines is 1.